The van der Waals surface area contributed by atoms with Crippen molar-refractivity contribution >= 4 is 12.0 Å². The van der Waals surface area contributed by atoms with Gasteiger partial charge >= 0.3 is 6.09 Å². The van der Waals surface area contributed by atoms with Gasteiger partial charge in [-0.05, 0) is 31.7 Å². The van der Waals surface area contributed by atoms with Crippen LogP contribution in [-0.4, -0.2) is 24.1 Å². The van der Waals surface area contributed by atoms with Gasteiger partial charge < -0.3 is 15.4 Å². The van der Waals surface area contributed by atoms with Gasteiger partial charge in [0.25, 0.3) is 0 Å². The van der Waals surface area contributed by atoms with Crippen molar-refractivity contribution in [2.24, 2.45) is 0 Å². The Bertz CT molecular complexity index is 461. The largest absolute Gasteiger partial charge is 0.445 e. The number of rotatable bonds is 3. The Hall–Kier alpha value is -2.04. The molecule has 0 radical (unpaired) electrons. The lowest BCUT2D eigenvalue weighted by atomic mass is 10.1. The van der Waals surface area contributed by atoms with E-state index >= 15 is 0 Å². The molecule has 0 spiro atoms. The predicted molar refractivity (Wildman–Crippen MR) is 75.0 cm³/mol. The van der Waals surface area contributed by atoms with Gasteiger partial charge in [-0.15, -0.1) is 0 Å². The molecule has 1 fully saturated rings. The first-order chi connectivity index (χ1) is 9.65. The number of alkyl carbamates (subject to hydrolysis) is 1. The van der Waals surface area contributed by atoms with Gasteiger partial charge in [0, 0.05) is 6.04 Å². The molecule has 0 unspecified atom stereocenters. The number of carbonyl (C=O) groups is 2. The molecular weight excluding hydrogens is 256 g/mol. The van der Waals surface area contributed by atoms with E-state index in [9.17, 15) is 9.59 Å². The van der Waals surface area contributed by atoms with Crippen molar-refractivity contribution in [3.63, 3.8) is 0 Å². The number of hydrogen-bond acceptors (Lipinski definition) is 3. The predicted octanol–water partition coefficient (Wildman–Crippen LogP) is 1.97. The van der Waals surface area contributed by atoms with Crippen LogP contribution in [-0.2, 0) is 16.1 Å². The highest BCUT2D eigenvalue weighted by Crippen LogP contribution is 2.10. The summed E-state index contributed by atoms with van der Waals surface area (Å²) in [5.74, 6) is -0.133. The maximum atomic E-state index is 11.9. The normalized spacial score (nSPS) is 22.6. The summed E-state index contributed by atoms with van der Waals surface area (Å²) in [6.45, 7) is 2.17. The minimum absolute atomic E-state index is 0.133. The molecule has 2 rings (SSSR count). The van der Waals surface area contributed by atoms with Gasteiger partial charge in [0.2, 0.25) is 5.91 Å². The molecular formula is C15H20N2O3. The van der Waals surface area contributed by atoms with Gasteiger partial charge in [-0.2, -0.15) is 0 Å². The molecule has 2 atom stereocenters. The number of amides is 2. The van der Waals surface area contributed by atoms with Gasteiger partial charge in [-0.1, -0.05) is 30.3 Å². The second-order valence-corrected chi connectivity index (χ2v) is 5.10. The molecule has 1 saturated heterocycles. The van der Waals surface area contributed by atoms with Crippen molar-refractivity contribution in [3.8, 4) is 0 Å². The van der Waals surface area contributed by atoms with E-state index in [1.165, 1.54) is 0 Å². The lowest BCUT2D eigenvalue weighted by Crippen LogP contribution is -2.47. The Morgan fingerprint density at radius 1 is 1.35 bits per heavy atom. The standard InChI is InChI=1S/C15H20N2O3/c1-11-6-5-9-13(14(18)16-11)17-15(19)20-10-12-7-3-2-4-8-12/h2-4,7-8,11,13H,5-6,9-10H2,1H3,(H,16,18)(H,17,19)/t11-,13+/m1/s1. The molecule has 108 valence electrons. The van der Waals surface area contributed by atoms with Crippen LogP contribution in [0.2, 0.25) is 0 Å². The highest BCUT2D eigenvalue weighted by molar-refractivity contribution is 5.85. The van der Waals surface area contributed by atoms with E-state index in [-0.39, 0.29) is 18.6 Å². The Labute approximate surface area is 118 Å². The summed E-state index contributed by atoms with van der Waals surface area (Å²) in [7, 11) is 0. The van der Waals surface area contributed by atoms with E-state index in [0.717, 1.165) is 18.4 Å². The topological polar surface area (TPSA) is 67.4 Å². The van der Waals surface area contributed by atoms with E-state index in [0.29, 0.717) is 6.42 Å². The van der Waals surface area contributed by atoms with Crippen LogP contribution < -0.4 is 10.6 Å². The fourth-order valence-electron chi connectivity index (χ4n) is 2.22. The third-order valence-corrected chi connectivity index (χ3v) is 3.34. The zero-order chi connectivity index (χ0) is 14.4. The highest BCUT2D eigenvalue weighted by atomic mass is 16.5. The number of benzene rings is 1. The molecule has 1 heterocycles. The Balaban J connectivity index is 1.80. The molecule has 20 heavy (non-hydrogen) atoms. The lowest BCUT2D eigenvalue weighted by Gasteiger charge is -2.16. The number of carbonyl (C=O) groups excluding carboxylic acids is 2. The van der Waals surface area contributed by atoms with Gasteiger partial charge in [0.1, 0.15) is 12.6 Å². The van der Waals surface area contributed by atoms with Crippen molar-refractivity contribution in [1.82, 2.24) is 10.6 Å². The molecule has 2 N–H and O–H groups in total. The number of ether oxygens (including phenoxy) is 1. The molecule has 1 aliphatic rings. The van der Waals surface area contributed by atoms with Crippen LogP contribution in [0.15, 0.2) is 30.3 Å². The second kappa shape index (κ2) is 6.93. The van der Waals surface area contributed by atoms with Crippen LogP contribution in [0, 0.1) is 0 Å². The third-order valence-electron chi connectivity index (χ3n) is 3.34. The third kappa shape index (κ3) is 4.26. The Morgan fingerprint density at radius 3 is 2.85 bits per heavy atom. The maximum absolute atomic E-state index is 11.9. The summed E-state index contributed by atoms with van der Waals surface area (Å²) >= 11 is 0. The summed E-state index contributed by atoms with van der Waals surface area (Å²) < 4.78 is 5.12. The quantitative estimate of drug-likeness (QED) is 0.887. The van der Waals surface area contributed by atoms with Gasteiger partial charge in [-0.3, -0.25) is 4.79 Å². The molecule has 2 amide bonds. The van der Waals surface area contributed by atoms with Crippen molar-refractivity contribution in [2.45, 2.75) is 44.9 Å². The molecule has 1 aliphatic heterocycles. The smallest absolute Gasteiger partial charge is 0.408 e. The SMILES string of the molecule is C[C@@H]1CCC[C@H](NC(=O)OCc2ccccc2)C(=O)N1. The molecule has 0 aliphatic carbocycles. The van der Waals surface area contributed by atoms with Crippen molar-refractivity contribution in [3.05, 3.63) is 35.9 Å². The minimum Gasteiger partial charge on any atom is -0.445 e. The van der Waals surface area contributed by atoms with E-state index in [1.54, 1.807) is 0 Å². The first kappa shape index (κ1) is 14.4. The average molecular weight is 276 g/mol. The molecule has 0 saturated carbocycles. The average Bonchev–Trinajstić information content (AvgIpc) is 2.59. The summed E-state index contributed by atoms with van der Waals surface area (Å²) in [4.78, 5) is 23.6. The highest BCUT2D eigenvalue weighted by Gasteiger charge is 2.25. The lowest BCUT2D eigenvalue weighted by molar-refractivity contribution is -0.123. The second-order valence-electron chi connectivity index (χ2n) is 5.10. The molecule has 0 bridgehead atoms. The number of nitrogens with one attached hydrogen (secondary N) is 2. The summed E-state index contributed by atoms with van der Waals surface area (Å²) in [6, 6.07) is 9.10. The minimum atomic E-state index is -0.552. The molecule has 5 nitrogen and oxygen atoms in total. The zero-order valence-electron chi connectivity index (χ0n) is 11.6. The fraction of sp³-hybridized carbons (Fsp3) is 0.467. The van der Waals surface area contributed by atoms with Gasteiger partial charge in [0.15, 0.2) is 0 Å². The zero-order valence-corrected chi connectivity index (χ0v) is 11.6. The molecule has 1 aromatic rings. The van der Waals surface area contributed by atoms with Crippen LogP contribution in [0.5, 0.6) is 0 Å². The van der Waals surface area contributed by atoms with Crippen LogP contribution >= 0.6 is 0 Å². The van der Waals surface area contributed by atoms with Crippen molar-refractivity contribution in [2.75, 3.05) is 0 Å². The fourth-order valence-corrected chi connectivity index (χ4v) is 2.22. The van der Waals surface area contributed by atoms with Crippen molar-refractivity contribution in [1.29, 1.82) is 0 Å². The van der Waals surface area contributed by atoms with E-state index in [4.69, 9.17) is 4.74 Å². The van der Waals surface area contributed by atoms with Crippen LogP contribution in [0.1, 0.15) is 31.7 Å². The Morgan fingerprint density at radius 2 is 2.10 bits per heavy atom. The molecule has 5 heteroatoms. The number of hydrogen-bond donors (Lipinski definition) is 2. The molecule has 1 aromatic carbocycles. The van der Waals surface area contributed by atoms with Crippen molar-refractivity contribution < 1.29 is 14.3 Å². The van der Waals surface area contributed by atoms with E-state index < -0.39 is 12.1 Å². The van der Waals surface area contributed by atoms with Crippen LogP contribution in [0.4, 0.5) is 4.79 Å². The maximum Gasteiger partial charge on any atom is 0.408 e. The molecule has 0 aromatic heterocycles. The summed E-state index contributed by atoms with van der Waals surface area (Å²) in [5, 5.41) is 5.49. The summed E-state index contributed by atoms with van der Waals surface area (Å²) in [5.41, 5.74) is 0.918. The van der Waals surface area contributed by atoms with Crippen LogP contribution in [0.3, 0.4) is 0 Å². The van der Waals surface area contributed by atoms with E-state index in [2.05, 4.69) is 10.6 Å². The Kier molecular flexibility index (Phi) is 4.98. The summed E-state index contributed by atoms with van der Waals surface area (Å²) in [6.07, 6.45) is 1.94. The van der Waals surface area contributed by atoms with Gasteiger partial charge in [-0.25, -0.2) is 4.79 Å². The van der Waals surface area contributed by atoms with Crippen LogP contribution in [0.25, 0.3) is 0 Å². The monoisotopic (exact) mass is 276 g/mol. The first-order valence-electron chi connectivity index (χ1n) is 6.93. The first-order valence-corrected chi connectivity index (χ1v) is 6.93. The van der Waals surface area contributed by atoms with E-state index in [1.807, 2.05) is 37.3 Å². The van der Waals surface area contributed by atoms with Gasteiger partial charge in [0.05, 0.1) is 0 Å².